The van der Waals surface area contributed by atoms with Gasteiger partial charge in [-0.05, 0) is 37.5 Å². The van der Waals surface area contributed by atoms with Gasteiger partial charge in [-0.25, -0.2) is 4.98 Å². The minimum absolute atomic E-state index is 0.00278. The van der Waals surface area contributed by atoms with E-state index in [1.807, 2.05) is 28.5 Å². The van der Waals surface area contributed by atoms with E-state index in [9.17, 15) is 4.79 Å². The Morgan fingerprint density at radius 1 is 1.10 bits per heavy atom. The number of likely N-dealkylation sites (tertiary alicyclic amines) is 1. The van der Waals surface area contributed by atoms with E-state index in [-0.39, 0.29) is 11.9 Å². The molecule has 2 aliphatic rings. The predicted octanol–water partition coefficient (Wildman–Crippen LogP) is 4.87. The fourth-order valence-electron chi connectivity index (χ4n) is 3.97. The normalized spacial score (nSPS) is 18.1. The SMILES string of the molecule is Cc1ccc(-c2nc(C(=O)N3CCCC3c3ccc4c(c3)OCCO4)cs2)cc1. The highest BCUT2D eigenvalue weighted by atomic mass is 32.1. The monoisotopic (exact) mass is 406 g/mol. The van der Waals surface area contributed by atoms with Crippen LogP contribution in [0.2, 0.25) is 0 Å². The van der Waals surface area contributed by atoms with Gasteiger partial charge in [-0.3, -0.25) is 4.79 Å². The minimum atomic E-state index is -0.00278. The summed E-state index contributed by atoms with van der Waals surface area (Å²) < 4.78 is 11.3. The number of ether oxygens (including phenoxy) is 2. The Bertz CT molecular complexity index is 1040. The Kier molecular flexibility index (Phi) is 4.72. The molecule has 5 rings (SSSR count). The fraction of sp³-hybridized carbons (Fsp3) is 0.304. The Morgan fingerprint density at radius 3 is 2.72 bits per heavy atom. The molecule has 2 aliphatic heterocycles. The average molecular weight is 407 g/mol. The zero-order chi connectivity index (χ0) is 19.8. The van der Waals surface area contributed by atoms with Crippen LogP contribution in [0.1, 0.15) is 40.5 Å². The molecule has 3 aromatic rings. The van der Waals surface area contributed by atoms with Crippen molar-refractivity contribution in [2.75, 3.05) is 19.8 Å². The van der Waals surface area contributed by atoms with Gasteiger partial charge in [0.25, 0.3) is 5.91 Å². The van der Waals surface area contributed by atoms with Gasteiger partial charge in [0.05, 0.1) is 6.04 Å². The van der Waals surface area contributed by atoms with Gasteiger partial charge in [0, 0.05) is 17.5 Å². The molecule has 1 amide bonds. The van der Waals surface area contributed by atoms with Gasteiger partial charge < -0.3 is 14.4 Å². The number of fused-ring (bicyclic) bond motifs is 1. The van der Waals surface area contributed by atoms with E-state index in [1.165, 1.54) is 16.9 Å². The second-order valence-electron chi connectivity index (χ2n) is 7.46. The molecular formula is C23H22N2O3S. The zero-order valence-electron chi connectivity index (χ0n) is 16.3. The third kappa shape index (κ3) is 3.49. The molecule has 1 fully saturated rings. The maximum atomic E-state index is 13.2. The van der Waals surface area contributed by atoms with Crippen LogP contribution >= 0.6 is 11.3 Å². The quantitative estimate of drug-likeness (QED) is 0.623. The molecule has 5 nitrogen and oxygen atoms in total. The highest BCUT2D eigenvalue weighted by Gasteiger charge is 2.32. The largest absolute Gasteiger partial charge is 0.486 e. The Hall–Kier alpha value is -2.86. The van der Waals surface area contributed by atoms with E-state index in [0.29, 0.717) is 18.9 Å². The number of carbonyl (C=O) groups is 1. The predicted molar refractivity (Wildman–Crippen MR) is 113 cm³/mol. The van der Waals surface area contributed by atoms with Crippen LogP contribution in [0.5, 0.6) is 11.5 Å². The van der Waals surface area contributed by atoms with Crippen LogP contribution in [0, 0.1) is 6.92 Å². The zero-order valence-corrected chi connectivity index (χ0v) is 17.1. The number of hydrogen-bond acceptors (Lipinski definition) is 5. The van der Waals surface area contributed by atoms with Gasteiger partial charge in [0.15, 0.2) is 11.5 Å². The first-order chi connectivity index (χ1) is 14.2. The Morgan fingerprint density at radius 2 is 1.90 bits per heavy atom. The number of carbonyl (C=O) groups excluding carboxylic acids is 1. The van der Waals surface area contributed by atoms with Crippen LogP contribution in [0.4, 0.5) is 0 Å². The van der Waals surface area contributed by atoms with Crippen LogP contribution < -0.4 is 9.47 Å². The molecular weight excluding hydrogens is 384 g/mol. The lowest BCUT2D eigenvalue weighted by Crippen LogP contribution is -2.30. The maximum absolute atomic E-state index is 13.2. The average Bonchev–Trinajstić information content (AvgIpc) is 3.44. The Balaban J connectivity index is 1.39. The summed E-state index contributed by atoms with van der Waals surface area (Å²) in [4.78, 5) is 19.8. The summed E-state index contributed by atoms with van der Waals surface area (Å²) >= 11 is 1.52. The van der Waals surface area contributed by atoms with Crippen LogP contribution in [0.3, 0.4) is 0 Å². The Labute approximate surface area is 173 Å². The molecule has 0 N–H and O–H groups in total. The van der Waals surface area contributed by atoms with E-state index in [1.54, 1.807) is 0 Å². The lowest BCUT2D eigenvalue weighted by Gasteiger charge is -2.26. The molecule has 3 heterocycles. The van der Waals surface area contributed by atoms with Crippen molar-refractivity contribution < 1.29 is 14.3 Å². The smallest absolute Gasteiger partial charge is 0.273 e. The van der Waals surface area contributed by atoms with Gasteiger partial charge in [-0.1, -0.05) is 35.9 Å². The summed E-state index contributed by atoms with van der Waals surface area (Å²) in [5.41, 5.74) is 3.87. The molecule has 0 radical (unpaired) electrons. The van der Waals surface area contributed by atoms with Crippen molar-refractivity contribution in [3.8, 4) is 22.1 Å². The van der Waals surface area contributed by atoms with E-state index in [4.69, 9.17) is 9.47 Å². The van der Waals surface area contributed by atoms with Crippen LogP contribution in [0.25, 0.3) is 10.6 Å². The number of nitrogens with zero attached hydrogens (tertiary/aromatic N) is 2. The summed E-state index contributed by atoms with van der Waals surface area (Å²) in [5, 5.41) is 2.75. The van der Waals surface area contributed by atoms with Gasteiger partial charge in [-0.2, -0.15) is 0 Å². The van der Waals surface area contributed by atoms with Crippen molar-refractivity contribution in [1.29, 1.82) is 0 Å². The van der Waals surface area contributed by atoms with E-state index in [2.05, 4.69) is 36.2 Å². The van der Waals surface area contributed by atoms with Gasteiger partial charge in [0.2, 0.25) is 0 Å². The third-order valence-electron chi connectivity index (χ3n) is 5.49. The molecule has 1 unspecified atom stereocenters. The molecule has 148 valence electrons. The molecule has 0 bridgehead atoms. The van der Waals surface area contributed by atoms with Crippen LogP contribution in [-0.2, 0) is 0 Å². The fourth-order valence-corrected chi connectivity index (χ4v) is 4.77. The van der Waals surface area contributed by atoms with Gasteiger partial charge in [-0.15, -0.1) is 11.3 Å². The summed E-state index contributed by atoms with van der Waals surface area (Å²) in [7, 11) is 0. The lowest BCUT2D eigenvalue weighted by atomic mass is 10.0. The lowest BCUT2D eigenvalue weighted by molar-refractivity contribution is 0.0730. The number of rotatable bonds is 3. The standard InChI is InChI=1S/C23H22N2O3S/c1-15-4-6-16(7-5-15)22-24-18(14-29-22)23(26)25-10-2-3-19(25)17-8-9-20-21(13-17)28-12-11-27-20/h4-9,13-14,19H,2-3,10-12H2,1H3. The number of thiazole rings is 1. The van der Waals surface area contributed by atoms with Crippen molar-refractivity contribution in [3.05, 3.63) is 64.7 Å². The van der Waals surface area contributed by atoms with E-state index in [0.717, 1.165) is 47.0 Å². The van der Waals surface area contributed by atoms with E-state index < -0.39 is 0 Å². The maximum Gasteiger partial charge on any atom is 0.273 e. The number of hydrogen-bond donors (Lipinski definition) is 0. The summed E-state index contributed by atoms with van der Waals surface area (Å²) in [6, 6.07) is 14.3. The molecule has 0 aliphatic carbocycles. The first-order valence-electron chi connectivity index (χ1n) is 9.92. The molecule has 1 saturated heterocycles. The topological polar surface area (TPSA) is 51.7 Å². The first-order valence-corrected chi connectivity index (χ1v) is 10.8. The number of aryl methyl sites for hydroxylation is 1. The molecule has 0 spiro atoms. The molecule has 29 heavy (non-hydrogen) atoms. The molecule has 0 saturated carbocycles. The van der Waals surface area contributed by atoms with Crippen LogP contribution in [-0.4, -0.2) is 35.5 Å². The van der Waals surface area contributed by atoms with Crippen molar-refractivity contribution in [3.63, 3.8) is 0 Å². The van der Waals surface area contributed by atoms with E-state index >= 15 is 0 Å². The highest BCUT2D eigenvalue weighted by molar-refractivity contribution is 7.13. The minimum Gasteiger partial charge on any atom is -0.486 e. The van der Waals surface area contributed by atoms with Gasteiger partial charge in [0.1, 0.15) is 23.9 Å². The number of aromatic nitrogens is 1. The summed E-state index contributed by atoms with van der Waals surface area (Å²) in [5.74, 6) is 1.54. The van der Waals surface area contributed by atoms with Crippen molar-refractivity contribution in [2.24, 2.45) is 0 Å². The molecule has 6 heteroatoms. The highest BCUT2D eigenvalue weighted by Crippen LogP contribution is 2.39. The molecule has 2 aromatic carbocycles. The van der Waals surface area contributed by atoms with Crippen molar-refractivity contribution in [1.82, 2.24) is 9.88 Å². The first kappa shape index (κ1) is 18.2. The second kappa shape index (κ2) is 7.52. The van der Waals surface area contributed by atoms with Crippen molar-refractivity contribution in [2.45, 2.75) is 25.8 Å². The summed E-state index contributed by atoms with van der Waals surface area (Å²) in [6.45, 7) is 3.94. The van der Waals surface area contributed by atoms with Gasteiger partial charge >= 0.3 is 0 Å². The van der Waals surface area contributed by atoms with Crippen molar-refractivity contribution >= 4 is 17.2 Å². The number of benzene rings is 2. The summed E-state index contributed by atoms with van der Waals surface area (Å²) in [6.07, 6.45) is 1.93. The van der Waals surface area contributed by atoms with Crippen LogP contribution in [0.15, 0.2) is 47.8 Å². The third-order valence-corrected chi connectivity index (χ3v) is 6.38. The number of amides is 1. The molecule has 1 aromatic heterocycles. The molecule has 1 atom stereocenters. The second-order valence-corrected chi connectivity index (χ2v) is 8.32.